The molecule has 0 aliphatic carbocycles. The standard InChI is InChI=1S/C23H32N2O3/c1-4-5-6-7-15-27-22-10-8-9-20(16-22)25-23(26)17-24-19-11-13-21(14-12-19)28-18(2)3/h8-14,16,18,24H,4-7,15,17H2,1-3H3,(H,25,26). The SMILES string of the molecule is CCCCCCOc1cccc(NC(=O)CNc2ccc(OC(C)C)cc2)c1. The first kappa shape index (κ1) is 21.6. The summed E-state index contributed by atoms with van der Waals surface area (Å²) in [5.74, 6) is 1.49. The smallest absolute Gasteiger partial charge is 0.243 e. The van der Waals surface area contributed by atoms with Crippen LogP contribution >= 0.6 is 0 Å². The maximum absolute atomic E-state index is 12.2. The summed E-state index contributed by atoms with van der Waals surface area (Å²) < 4.78 is 11.4. The van der Waals surface area contributed by atoms with Crippen LogP contribution in [0.25, 0.3) is 0 Å². The van der Waals surface area contributed by atoms with Crippen LogP contribution in [0.5, 0.6) is 11.5 Å². The van der Waals surface area contributed by atoms with Gasteiger partial charge in [0.15, 0.2) is 0 Å². The molecule has 0 aliphatic rings. The molecule has 5 nitrogen and oxygen atoms in total. The van der Waals surface area contributed by atoms with Gasteiger partial charge >= 0.3 is 0 Å². The molecule has 0 saturated carbocycles. The third-order valence-corrected chi connectivity index (χ3v) is 4.06. The van der Waals surface area contributed by atoms with E-state index < -0.39 is 0 Å². The largest absolute Gasteiger partial charge is 0.494 e. The second-order valence-electron chi connectivity index (χ2n) is 7.03. The lowest BCUT2D eigenvalue weighted by Crippen LogP contribution is -2.21. The van der Waals surface area contributed by atoms with Crippen molar-refractivity contribution in [2.75, 3.05) is 23.8 Å². The Morgan fingerprint density at radius 2 is 1.75 bits per heavy atom. The molecule has 28 heavy (non-hydrogen) atoms. The Hall–Kier alpha value is -2.69. The van der Waals surface area contributed by atoms with Crippen LogP contribution in [0.15, 0.2) is 48.5 Å². The second-order valence-corrected chi connectivity index (χ2v) is 7.03. The van der Waals surface area contributed by atoms with Crippen molar-refractivity contribution in [1.82, 2.24) is 0 Å². The van der Waals surface area contributed by atoms with Gasteiger partial charge in [0.25, 0.3) is 0 Å². The van der Waals surface area contributed by atoms with E-state index in [1.165, 1.54) is 19.3 Å². The van der Waals surface area contributed by atoms with Crippen molar-refractivity contribution in [1.29, 1.82) is 0 Å². The minimum atomic E-state index is -0.109. The molecular formula is C23H32N2O3. The first-order valence-corrected chi connectivity index (χ1v) is 10.1. The number of unbranched alkanes of at least 4 members (excludes halogenated alkanes) is 3. The molecule has 0 bridgehead atoms. The first-order chi connectivity index (χ1) is 13.6. The van der Waals surface area contributed by atoms with Crippen molar-refractivity contribution in [2.45, 2.75) is 52.6 Å². The highest BCUT2D eigenvalue weighted by Crippen LogP contribution is 2.19. The Morgan fingerprint density at radius 3 is 2.46 bits per heavy atom. The number of amides is 1. The molecule has 0 saturated heterocycles. The van der Waals surface area contributed by atoms with Crippen molar-refractivity contribution in [3.63, 3.8) is 0 Å². The molecule has 1 amide bonds. The summed E-state index contributed by atoms with van der Waals surface area (Å²) >= 11 is 0. The van der Waals surface area contributed by atoms with Crippen molar-refractivity contribution in [2.24, 2.45) is 0 Å². The highest BCUT2D eigenvalue weighted by atomic mass is 16.5. The number of carbonyl (C=O) groups is 1. The Bertz CT molecular complexity index is 714. The van der Waals surface area contributed by atoms with Gasteiger partial charge in [-0.1, -0.05) is 32.3 Å². The zero-order valence-electron chi connectivity index (χ0n) is 17.2. The molecule has 5 heteroatoms. The molecular weight excluding hydrogens is 352 g/mol. The molecule has 2 N–H and O–H groups in total. The molecule has 2 rings (SSSR count). The molecule has 0 aliphatic heterocycles. The molecule has 0 heterocycles. The van der Waals surface area contributed by atoms with Gasteiger partial charge < -0.3 is 20.1 Å². The summed E-state index contributed by atoms with van der Waals surface area (Å²) in [4.78, 5) is 12.2. The van der Waals surface area contributed by atoms with E-state index in [2.05, 4.69) is 17.6 Å². The van der Waals surface area contributed by atoms with Crippen molar-refractivity contribution < 1.29 is 14.3 Å². The van der Waals surface area contributed by atoms with Crippen molar-refractivity contribution >= 4 is 17.3 Å². The van der Waals surface area contributed by atoms with Gasteiger partial charge in [0.2, 0.25) is 5.91 Å². The fraction of sp³-hybridized carbons (Fsp3) is 0.435. The topological polar surface area (TPSA) is 59.6 Å². The van der Waals surface area contributed by atoms with Gasteiger partial charge in [-0.3, -0.25) is 4.79 Å². The number of ether oxygens (including phenoxy) is 2. The van der Waals surface area contributed by atoms with Crippen LogP contribution in [0.1, 0.15) is 46.5 Å². The van der Waals surface area contributed by atoms with Gasteiger partial charge in [-0.25, -0.2) is 0 Å². The van der Waals surface area contributed by atoms with Crippen LogP contribution in [-0.4, -0.2) is 25.2 Å². The monoisotopic (exact) mass is 384 g/mol. The fourth-order valence-corrected chi connectivity index (χ4v) is 2.69. The number of benzene rings is 2. The lowest BCUT2D eigenvalue weighted by Gasteiger charge is -2.12. The van der Waals surface area contributed by atoms with E-state index in [4.69, 9.17) is 9.47 Å². The summed E-state index contributed by atoms with van der Waals surface area (Å²) in [6.45, 7) is 7.06. The van der Waals surface area contributed by atoms with Crippen LogP contribution in [0.2, 0.25) is 0 Å². The molecule has 152 valence electrons. The summed E-state index contributed by atoms with van der Waals surface area (Å²) in [6, 6.07) is 15.1. The van der Waals surface area contributed by atoms with Gasteiger partial charge in [-0.15, -0.1) is 0 Å². The van der Waals surface area contributed by atoms with E-state index in [1.807, 2.05) is 62.4 Å². The van der Waals surface area contributed by atoms with Crippen LogP contribution in [-0.2, 0) is 4.79 Å². The van der Waals surface area contributed by atoms with Gasteiger partial charge in [0.05, 0.1) is 19.3 Å². The molecule has 0 aromatic heterocycles. The van der Waals surface area contributed by atoms with Crippen molar-refractivity contribution in [3.8, 4) is 11.5 Å². The maximum atomic E-state index is 12.2. The average Bonchev–Trinajstić information content (AvgIpc) is 2.67. The zero-order valence-corrected chi connectivity index (χ0v) is 17.2. The van der Waals surface area contributed by atoms with E-state index in [9.17, 15) is 4.79 Å². The van der Waals surface area contributed by atoms with Crippen LogP contribution < -0.4 is 20.1 Å². The third-order valence-electron chi connectivity index (χ3n) is 4.06. The number of hydrogen-bond donors (Lipinski definition) is 2. The van der Waals surface area contributed by atoms with Crippen LogP contribution in [0.3, 0.4) is 0 Å². The van der Waals surface area contributed by atoms with E-state index >= 15 is 0 Å². The van der Waals surface area contributed by atoms with Gasteiger partial charge in [0.1, 0.15) is 11.5 Å². The second kappa shape index (κ2) is 11.9. The maximum Gasteiger partial charge on any atom is 0.243 e. The molecule has 0 spiro atoms. The predicted molar refractivity (Wildman–Crippen MR) is 115 cm³/mol. The molecule has 0 atom stereocenters. The Morgan fingerprint density at radius 1 is 0.964 bits per heavy atom. The lowest BCUT2D eigenvalue weighted by atomic mass is 10.2. The molecule has 2 aromatic carbocycles. The minimum absolute atomic E-state index is 0.109. The number of hydrogen-bond acceptors (Lipinski definition) is 4. The number of anilines is 2. The van der Waals surface area contributed by atoms with Crippen molar-refractivity contribution in [3.05, 3.63) is 48.5 Å². The van der Waals surface area contributed by atoms with Crippen LogP contribution in [0.4, 0.5) is 11.4 Å². The van der Waals surface area contributed by atoms with Gasteiger partial charge in [-0.05, 0) is 56.7 Å². The fourth-order valence-electron chi connectivity index (χ4n) is 2.69. The normalized spacial score (nSPS) is 10.6. The van der Waals surface area contributed by atoms with E-state index in [-0.39, 0.29) is 18.6 Å². The Kier molecular flexibility index (Phi) is 9.19. The molecule has 0 unspecified atom stereocenters. The highest BCUT2D eigenvalue weighted by Gasteiger charge is 2.04. The average molecular weight is 385 g/mol. The summed E-state index contributed by atoms with van der Waals surface area (Å²) in [6.07, 6.45) is 4.82. The molecule has 2 aromatic rings. The third kappa shape index (κ3) is 8.33. The van der Waals surface area contributed by atoms with Gasteiger partial charge in [-0.2, -0.15) is 0 Å². The van der Waals surface area contributed by atoms with Gasteiger partial charge in [0, 0.05) is 17.4 Å². The summed E-state index contributed by atoms with van der Waals surface area (Å²) in [5.41, 5.74) is 1.61. The molecule has 0 fully saturated rings. The highest BCUT2D eigenvalue weighted by molar-refractivity contribution is 5.93. The van der Waals surface area contributed by atoms with E-state index in [1.54, 1.807) is 0 Å². The van der Waals surface area contributed by atoms with Crippen LogP contribution in [0, 0.1) is 0 Å². The number of rotatable bonds is 12. The number of nitrogens with one attached hydrogen (secondary N) is 2. The zero-order chi connectivity index (χ0) is 20.2. The summed E-state index contributed by atoms with van der Waals surface area (Å²) in [5, 5.41) is 6.01. The molecule has 0 radical (unpaired) electrons. The van der Waals surface area contributed by atoms with E-state index in [0.29, 0.717) is 6.61 Å². The quantitative estimate of drug-likeness (QED) is 0.476. The number of carbonyl (C=O) groups excluding carboxylic acids is 1. The Balaban J connectivity index is 1.75. The Labute approximate surface area is 168 Å². The van der Waals surface area contributed by atoms with E-state index in [0.717, 1.165) is 29.3 Å². The summed E-state index contributed by atoms with van der Waals surface area (Å²) in [7, 11) is 0. The lowest BCUT2D eigenvalue weighted by molar-refractivity contribution is -0.114. The minimum Gasteiger partial charge on any atom is -0.494 e. The first-order valence-electron chi connectivity index (χ1n) is 10.1. The predicted octanol–water partition coefficient (Wildman–Crippen LogP) is 5.48.